The molecule has 31 heavy (non-hydrogen) atoms. The average Bonchev–Trinajstić information content (AvgIpc) is 2.80. The van der Waals surface area contributed by atoms with Crippen molar-refractivity contribution in [3.8, 4) is 0 Å². The smallest absolute Gasteiger partial charge is 0.273 e. The van der Waals surface area contributed by atoms with Gasteiger partial charge in [0.25, 0.3) is 5.91 Å². The Kier molecular flexibility index (Phi) is 5.70. The van der Waals surface area contributed by atoms with Crippen molar-refractivity contribution in [3.63, 3.8) is 0 Å². The van der Waals surface area contributed by atoms with E-state index in [4.69, 9.17) is 5.73 Å². The number of benzene rings is 1. The fourth-order valence-electron chi connectivity index (χ4n) is 3.90. The van der Waals surface area contributed by atoms with Gasteiger partial charge in [0.2, 0.25) is 5.95 Å². The highest BCUT2D eigenvalue weighted by Gasteiger charge is 2.40. The second-order valence-corrected chi connectivity index (χ2v) is 7.39. The normalized spacial score (nSPS) is 15.5. The summed E-state index contributed by atoms with van der Waals surface area (Å²) >= 11 is 0. The van der Waals surface area contributed by atoms with Crippen LogP contribution in [0.2, 0.25) is 0 Å². The zero-order valence-electron chi connectivity index (χ0n) is 16.6. The summed E-state index contributed by atoms with van der Waals surface area (Å²) in [5.41, 5.74) is 5.14. The van der Waals surface area contributed by atoms with Gasteiger partial charge < -0.3 is 16.0 Å². The number of hydrogen-bond acceptors (Lipinski definition) is 7. The third-order valence-electron chi connectivity index (χ3n) is 5.61. The Morgan fingerprint density at radius 1 is 1.03 bits per heavy atom. The Labute approximate surface area is 177 Å². The first-order valence-electron chi connectivity index (χ1n) is 9.81. The van der Waals surface area contributed by atoms with Crippen molar-refractivity contribution in [3.05, 3.63) is 71.9 Å². The third-order valence-corrected chi connectivity index (χ3v) is 5.61. The van der Waals surface area contributed by atoms with Crippen LogP contribution in [0.15, 0.2) is 49.1 Å². The number of nitrogens with one attached hydrogen (secondary N) is 1. The molecule has 0 saturated carbocycles. The zero-order chi connectivity index (χ0) is 21.8. The predicted octanol–water partition coefficient (Wildman–Crippen LogP) is 2.10. The van der Waals surface area contributed by atoms with Crippen molar-refractivity contribution < 1.29 is 13.6 Å². The molecule has 1 fully saturated rings. The van der Waals surface area contributed by atoms with Gasteiger partial charge in [-0.15, -0.1) is 0 Å². The Hall–Kier alpha value is -3.69. The van der Waals surface area contributed by atoms with E-state index in [0.717, 1.165) is 6.07 Å². The number of halogens is 2. The molecule has 0 spiro atoms. The molecule has 8 nitrogen and oxygen atoms in total. The maximum absolute atomic E-state index is 14.8. The van der Waals surface area contributed by atoms with Gasteiger partial charge in [-0.3, -0.25) is 4.79 Å². The summed E-state index contributed by atoms with van der Waals surface area (Å²) in [6.45, 7) is 1.12. The molecule has 1 saturated heterocycles. The molecule has 0 radical (unpaired) electrons. The second-order valence-electron chi connectivity index (χ2n) is 7.39. The molecule has 3 aromatic rings. The molecule has 1 aliphatic rings. The van der Waals surface area contributed by atoms with Crippen LogP contribution < -0.4 is 16.0 Å². The summed E-state index contributed by atoms with van der Waals surface area (Å²) in [7, 11) is 0. The van der Waals surface area contributed by atoms with E-state index in [0.29, 0.717) is 31.9 Å². The molecule has 1 amide bonds. The predicted molar refractivity (Wildman–Crippen MR) is 110 cm³/mol. The Bertz CT molecular complexity index is 1070. The summed E-state index contributed by atoms with van der Waals surface area (Å²) in [6, 6.07) is 5.85. The van der Waals surface area contributed by atoms with Gasteiger partial charge in [-0.1, -0.05) is 12.1 Å². The maximum atomic E-state index is 14.8. The van der Waals surface area contributed by atoms with Gasteiger partial charge in [0.15, 0.2) is 23.1 Å². The highest BCUT2D eigenvalue weighted by Crippen LogP contribution is 2.38. The number of anilines is 2. The van der Waals surface area contributed by atoms with E-state index in [2.05, 4.69) is 25.3 Å². The van der Waals surface area contributed by atoms with Gasteiger partial charge in [-0.05, 0) is 30.5 Å². The van der Waals surface area contributed by atoms with Crippen molar-refractivity contribution in [1.29, 1.82) is 0 Å². The second kappa shape index (κ2) is 8.58. The van der Waals surface area contributed by atoms with Crippen LogP contribution in [0.25, 0.3) is 0 Å². The summed E-state index contributed by atoms with van der Waals surface area (Å²) in [5, 5.41) is 2.79. The molecule has 1 aliphatic heterocycles. The van der Waals surface area contributed by atoms with E-state index in [1.54, 1.807) is 24.5 Å². The van der Waals surface area contributed by atoms with E-state index in [-0.39, 0.29) is 23.6 Å². The Balaban J connectivity index is 1.59. The van der Waals surface area contributed by atoms with Crippen LogP contribution in [-0.2, 0) is 5.41 Å². The fourth-order valence-corrected chi connectivity index (χ4v) is 3.90. The molecule has 3 heterocycles. The van der Waals surface area contributed by atoms with Crippen LogP contribution in [0.4, 0.5) is 20.5 Å². The third kappa shape index (κ3) is 4.14. The minimum absolute atomic E-state index is 0.00188. The SMILES string of the molecule is Nc1nccnc1C(=O)NCC1(c2cccc(F)c2F)CCN(c2ncccn2)CC1. The van der Waals surface area contributed by atoms with Gasteiger partial charge in [-0.2, -0.15) is 0 Å². The summed E-state index contributed by atoms with van der Waals surface area (Å²) in [4.78, 5) is 31.0. The van der Waals surface area contributed by atoms with Crippen LogP contribution in [0.1, 0.15) is 28.9 Å². The zero-order valence-corrected chi connectivity index (χ0v) is 16.6. The topological polar surface area (TPSA) is 110 Å². The van der Waals surface area contributed by atoms with Gasteiger partial charge >= 0.3 is 0 Å². The van der Waals surface area contributed by atoms with Crippen LogP contribution in [0.3, 0.4) is 0 Å². The lowest BCUT2D eigenvalue weighted by Gasteiger charge is -2.42. The van der Waals surface area contributed by atoms with Crippen LogP contribution in [0.5, 0.6) is 0 Å². The van der Waals surface area contributed by atoms with Gasteiger partial charge in [0, 0.05) is 49.8 Å². The number of amides is 1. The number of aromatic nitrogens is 4. The molecular formula is C21H21F2N7O. The van der Waals surface area contributed by atoms with E-state index in [1.807, 2.05) is 4.90 Å². The lowest BCUT2D eigenvalue weighted by Crippen LogP contribution is -2.50. The number of nitrogen functional groups attached to an aromatic ring is 1. The molecule has 0 atom stereocenters. The lowest BCUT2D eigenvalue weighted by atomic mass is 9.72. The van der Waals surface area contributed by atoms with E-state index >= 15 is 0 Å². The van der Waals surface area contributed by atoms with Crippen LogP contribution in [0, 0.1) is 11.6 Å². The molecule has 160 valence electrons. The molecule has 2 aromatic heterocycles. The maximum Gasteiger partial charge on any atom is 0.273 e. The van der Waals surface area contributed by atoms with Crippen molar-refractivity contribution in [2.75, 3.05) is 30.3 Å². The summed E-state index contributed by atoms with van der Waals surface area (Å²) in [6.07, 6.45) is 6.98. The largest absolute Gasteiger partial charge is 0.382 e. The van der Waals surface area contributed by atoms with Crippen molar-refractivity contribution in [2.24, 2.45) is 0 Å². The fraction of sp³-hybridized carbons (Fsp3) is 0.286. The molecular weight excluding hydrogens is 404 g/mol. The monoisotopic (exact) mass is 425 g/mol. The first-order valence-corrected chi connectivity index (χ1v) is 9.81. The molecule has 10 heteroatoms. The molecule has 0 unspecified atom stereocenters. The van der Waals surface area contributed by atoms with E-state index in [9.17, 15) is 13.6 Å². The van der Waals surface area contributed by atoms with Crippen LogP contribution in [-0.4, -0.2) is 45.5 Å². The number of rotatable bonds is 5. The van der Waals surface area contributed by atoms with Crippen molar-refractivity contribution in [1.82, 2.24) is 25.3 Å². The van der Waals surface area contributed by atoms with Gasteiger partial charge in [0.05, 0.1) is 0 Å². The van der Waals surface area contributed by atoms with E-state index < -0.39 is 23.0 Å². The minimum Gasteiger partial charge on any atom is -0.382 e. The number of nitrogens with zero attached hydrogens (tertiary/aromatic N) is 5. The van der Waals surface area contributed by atoms with Crippen molar-refractivity contribution in [2.45, 2.75) is 18.3 Å². The lowest BCUT2D eigenvalue weighted by molar-refractivity contribution is 0.0933. The molecule has 4 rings (SSSR count). The first kappa shape index (κ1) is 20.6. The number of carbonyl (C=O) groups is 1. The van der Waals surface area contributed by atoms with Gasteiger partial charge in [-0.25, -0.2) is 28.7 Å². The minimum atomic E-state index is -0.921. The molecule has 3 N–H and O–H groups in total. The quantitative estimate of drug-likeness (QED) is 0.644. The summed E-state index contributed by atoms with van der Waals surface area (Å²) in [5.74, 6) is -1.76. The first-order chi connectivity index (χ1) is 15.0. The molecule has 0 aliphatic carbocycles. The number of hydrogen-bond donors (Lipinski definition) is 2. The Morgan fingerprint density at radius 3 is 2.45 bits per heavy atom. The Morgan fingerprint density at radius 2 is 1.74 bits per heavy atom. The summed E-state index contributed by atoms with van der Waals surface area (Å²) < 4.78 is 28.8. The average molecular weight is 425 g/mol. The molecule has 1 aromatic carbocycles. The number of carbonyl (C=O) groups excluding carboxylic acids is 1. The standard InChI is InChI=1S/C21H21F2N7O/c22-15-4-1-3-14(16(15)23)21(13-29-19(31)17-18(24)26-10-9-25-17)5-11-30(12-6-21)20-27-7-2-8-28-20/h1-4,7-10H,5-6,11-13H2,(H2,24,26)(H,29,31). The van der Waals surface area contributed by atoms with Gasteiger partial charge in [0.1, 0.15) is 0 Å². The highest BCUT2D eigenvalue weighted by molar-refractivity contribution is 5.96. The van der Waals surface area contributed by atoms with E-state index in [1.165, 1.54) is 18.5 Å². The highest BCUT2D eigenvalue weighted by atomic mass is 19.2. The number of nitrogens with two attached hydrogens (primary N) is 1. The van der Waals surface area contributed by atoms with Crippen molar-refractivity contribution >= 4 is 17.7 Å². The van der Waals surface area contributed by atoms with Crippen LogP contribution >= 0.6 is 0 Å². The molecule has 0 bridgehead atoms. The number of piperidine rings is 1.